The minimum Gasteiger partial charge on any atom is -0.491 e. The number of methoxy groups -OCH3 is 1. The molecule has 5 rings (SSSR count). The van der Waals surface area contributed by atoms with Crippen LogP contribution in [-0.2, 0) is 14.8 Å². The summed E-state index contributed by atoms with van der Waals surface area (Å²) in [6.45, 7) is 0.455. The molecule has 2 aromatic heterocycles. The number of primary amides is 1. The Morgan fingerprint density at radius 2 is 2.03 bits per heavy atom. The van der Waals surface area contributed by atoms with E-state index in [1.54, 1.807) is 25.4 Å². The van der Waals surface area contributed by atoms with Crippen molar-refractivity contribution in [2.45, 2.75) is 11.0 Å². The lowest BCUT2D eigenvalue weighted by molar-refractivity contribution is -0.0249. The lowest BCUT2D eigenvalue weighted by Gasteiger charge is -2.32. The number of ether oxygens (including phenoxy) is 3. The molecule has 1 amide bonds. The third kappa shape index (κ3) is 5.05. The van der Waals surface area contributed by atoms with Crippen molar-refractivity contribution in [3.8, 4) is 22.8 Å². The predicted octanol–water partition coefficient (Wildman–Crippen LogP) is 3.46. The summed E-state index contributed by atoms with van der Waals surface area (Å²) in [5.74, 6) is 0.244. The van der Waals surface area contributed by atoms with Gasteiger partial charge in [-0.05, 0) is 48.0 Å². The van der Waals surface area contributed by atoms with Crippen molar-refractivity contribution in [2.75, 3.05) is 33.4 Å². The molecule has 38 heavy (non-hydrogen) atoms. The number of amides is 1. The molecule has 1 saturated heterocycles. The van der Waals surface area contributed by atoms with Crippen LogP contribution in [0.3, 0.4) is 0 Å². The lowest BCUT2D eigenvalue weighted by Crippen LogP contribution is -2.47. The van der Waals surface area contributed by atoms with E-state index >= 15 is 0 Å². The first-order valence-electron chi connectivity index (χ1n) is 11.7. The van der Waals surface area contributed by atoms with Gasteiger partial charge in [-0.15, -0.1) is 0 Å². The number of pyridine rings is 1. The van der Waals surface area contributed by atoms with E-state index in [1.807, 2.05) is 36.4 Å². The summed E-state index contributed by atoms with van der Waals surface area (Å²) in [4.78, 5) is 18.9. The van der Waals surface area contributed by atoms with Crippen molar-refractivity contribution in [3.63, 3.8) is 0 Å². The van der Waals surface area contributed by atoms with Gasteiger partial charge in [0.1, 0.15) is 29.0 Å². The summed E-state index contributed by atoms with van der Waals surface area (Å²) in [6.07, 6.45) is 1.14. The van der Waals surface area contributed by atoms with Crippen LogP contribution < -0.4 is 15.2 Å². The summed E-state index contributed by atoms with van der Waals surface area (Å²) in [5.41, 5.74) is 7.53. The van der Waals surface area contributed by atoms with Gasteiger partial charge in [-0.2, -0.15) is 4.31 Å². The number of nitrogens with one attached hydrogen (secondary N) is 1. The van der Waals surface area contributed by atoms with Crippen molar-refractivity contribution in [1.82, 2.24) is 14.3 Å². The standard InChI is InChI=1S/C26H25ClN4O6S/c1-35-26-20(3-2-10-29-26)16-4-7-18(8-5-16)37-15-19-14-31(11-12-36-19)38(33,34)24-21-13-17(27)6-9-22(21)30-23(24)25(28)32/h2-10,13,19,30H,11-12,14-15H2,1H3,(H2,28,32). The largest absolute Gasteiger partial charge is 0.491 e. The zero-order valence-electron chi connectivity index (χ0n) is 20.4. The molecule has 1 unspecified atom stereocenters. The number of aromatic amines is 1. The van der Waals surface area contributed by atoms with E-state index in [2.05, 4.69) is 9.97 Å². The summed E-state index contributed by atoms with van der Waals surface area (Å²) in [7, 11) is -2.54. The van der Waals surface area contributed by atoms with Crippen molar-refractivity contribution in [3.05, 3.63) is 71.5 Å². The number of fused-ring (bicyclic) bond motifs is 1. The highest BCUT2D eigenvalue weighted by Crippen LogP contribution is 2.33. The van der Waals surface area contributed by atoms with Gasteiger partial charge in [0.25, 0.3) is 5.91 Å². The van der Waals surface area contributed by atoms with E-state index in [0.29, 0.717) is 27.6 Å². The molecule has 0 radical (unpaired) electrons. The number of sulfonamides is 1. The topological polar surface area (TPSA) is 137 Å². The van der Waals surface area contributed by atoms with Gasteiger partial charge in [-0.25, -0.2) is 13.4 Å². The first-order valence-corrected chi connectivity index (χ1v) is 13.5. The van der Waals surface area contributed by atoms with Crippen molar-refractivity contribution in [1.29, 1.82) is 0 Å². The number of carbonyl (C=O) groups excluding carboxylic acids is 1. The summed E-state index contributed by atoms with van der Waals surface area (Å²) < 4.78 is 45.6. The second-order valence-electron chi connectivity index (χ2n) is 8.63. The van der Waals surface area contributed by atoms with E-state index in [4.69, 9.17) is 31.5 Å². The Morgan fingerprint density at radius 3 is 2.76 bits per heavy atom. The number of hydrogen-bond acceptors (Lipinski definition) is 7. The molecule has 10 nitrogen and oxygen atoms in total. The van der Waals surface area contributed by atoms with Gasteiger partial charge in [0.15, 0.2) is 0 Å². The monoisotopic (exact) mass is 556 g/mol. The first-order chi connectivity index (χ1) is 18.3. The third-order valence-electron chi connectivity index (χ3n) is 6.22. The smallest absolute Gasteiger partial charge is 0.266 e. The molecule has 0 spiro atoms. The SMILES string of the molecule is COc1ncccc1-c1ccc(OCC2CN(S(=O)(=O)c3c(C(N)=O)[nH]c4ccc(Cl)cc34)CCO2)cc1. The number of hydrogen-bond donors (Lipinski definition) is 2. The molecule has 1 aliphatic rings. The maximum absolute atomic E-state index is 13.7. The highest BCUT2D eigenvalue weighted by Gasteiger charge is 2.36. The third-order valence-corrected chi connectivity index (χ3v) is 8.41. The maximum Gasteiger partial charge on any atom is 0.266 e. The van der Waals surface area contributed by atoms with Crippen LogP contribution >= 0.6 is 11.6 Å². The molecular formula is C26H25ClN4O6S. The summed E-state index contributed by atoms with van der Waals surface area (Å²) in [5, 5.41) is 0.640. The average Bonchev–Trinajstić information content (AvgIpc) is 3.32. The van der Waals surface area contributed by atoms with E-state index < -0.39 is 22.0 Å². The number of nitrogens with zero attached hydrogens (tertiary/aromatic N) is 2. The highest BCUT2D eigenvalue weighted by atomic mass is 35.5. The van der Waals surface area contributed by atoms with Crippen LogP contribution in [0.25, 0.3) is 22.0 Å². The molecule has 3 heterocycles. The van der Waals surface area contributed by atoms with E-state index in [1.165, 1.54) is 10.4 Å². The zero-order valence-corrected chi connectivity index (χ0v) is 22.0. The quantitative estimate of drug-likeness (QED) is 0.339. The lowest BCUT2D eigenvalue weighted by atomic mass is 10.1. The fourth-order valence-corrected chi connectivity index (χ4v) is 6.38. The summed E-state index contributed by atoms with van der Waals surface area (Å²) >= 11 is 6.11. The van der Waals surface area contributed by atoms with Crippen molar-refractivity contribution in [2.24, 2.45) is 5.73 Å². The molecule has 1 aliphatic heterocycles. The molecule has 12 heteroatoms. The molecule has 0 bridgehead atoms. The number of rotatable bonds is 8. The molecule has 4 aromatic rings. The van der Waals surface area contributed by atoms with Gasteiger partial charge in [-0.3, -0.25) is 4.79 Å². The van der Waals surface area contributed by atoms with Crippen LogP contribution in [0.15, 0.2) is 65.7 Å². The van der Waals surface area contributed by atoms with Crippen molar-refractivity contribution >= 4 is 38.4 Å². The maximum atomic E-state index is 13.7. The Kier molecular flexibility index (Phi) is 7.26. The number of aromatic nitrogens is 2. The Balaban J connectivity index is 1.31. The zero-order chi connectivity index (χ0) is 26.9. The number of morpholine rings is 1. The van der Waals surface area contributed by atoms with E-state index in [0.717, 1.165) is 11.1 Å². The van der Waals surface area contributed by atoms with Crippen molar-refractivity contribution < 1.29 is 27.4 Å². The van der Waals surface area contributed by atoms with Gasteiger partial charge in [0.05, 0.1) is 13.7 Å². The van der Waals surface area contributed by atoms with Crippen LogP contribution in [0.2, 0.25) is 5.02 Å². The van der Waals surface area contributed by atoms with Crippen LogP contribution in [0.5, 0.6) is 11.6 Å². The molecule has 0 saturated carbocycles. The van der Waals surface area contributed by atoms with Gasteiger partial charge in [0, 0.05) is 40.8 Å². The second-order valence-corrected chi connectivity index (χ2v) is 10.9. The minimum atomic E-state index is -4.11. The number of nitrogens with two attached hydrogens (primary N) is 1. The number of H-pyrrole nitrogens is 1. The molecule has 1 fully saturated rings. The Bertz CT molecular complexity index is 1590. The molecular weight excluding hydrogens is 532 g/mol. The fraction of sp³-hybridized carbons (Fsp3) is 0.231. The van der Waals surface area contributed by atoms with Crippen LogP contribution in [0, 0.1) is 0 Å². The first kappa shape index (κ1) is 26.0. The van der Waals surface area contributed by atoms with E-state index in [-0.39, 0.29) is 36.9 Å². The number of carbonyl (C=O) groups is 1. The Labute approximate surface area is 224 Å². The average molecular weight is 557 g/mol. The minimum absolute atomic E-state index is 0.0404. The normalized spacial score (nSPS) is 16.4. The van der Waals surface area contributed by atoms with E-state index in [9.17, 15) is 13.2 Å². The Morgan fingerprint density at radius 1 is 1.24 bits per heavy atom. The molecule has 0 aliphatic carbocycles. The molecule has 198 valence electrons. The number of benzene rings is 2. The van der Waals surface area contributed by atoms with Crippen LogP contribution in [-0.4, -0.2) is 68.1 Å². The van der Waals surface area contributed by atoms with Crippen LogP contribution in [0.4, 0.5) is 0 Å². The molecule has 2 aromatic carbocycles. The van der Waals surface area contributed by atoms with Crippen LogP contribution in [0.1, 0.15) is 10.5 Å². The molecule has 3 N–H and O–H groups in total. The Hall–Kier alpha value is -3.64. The van der Waals surface area contributed by atoms with Gasteiger partial charge in [-0.1, -0.05) is 23.7 Å². The van der Waals surface area contributed by atoms with Gasteiger partial charge >= 0.3 is 0 Å². The fourth-order valence-electron chi connectivity index (χ4n) is 4.41. The molecule has 1 atom stereocenters. The highest BCUT2D eigenvalue weighted by molar-refractivity contribution is 7.89. The predicted molar refractivity (Wildman–Crippen MR) is 142 cm³/mol. The summed E-state index contributed by atoms with van der Waals surface area (Å²) in [6, 6.07) is 15.9. The van der Waals surface area contributed by atoms with Gasteiger partial charge < -0.3 is 24.9 Å². The second kappa shape index (κ2) is 10.6. The number of halogens is 1. The van der Waals surface area contributed by atoms with Gasteiger partial charge in [0.2, 0.25) is 15.9 Å².